The van der Waals surface area contributed by atoms with E-state index in [1.807, 2.05) is 53.2 Å². The fraction of sp³-hybridized carbons (Fsp3) is 0.150. The first kappa shape index (κ1) is 16.6. The van der Waals surface area contributed by atoms with Crippen LogP contribution in [0.4, 0.5) is 5.95 Å². The van der Waals surface area contributed by atoms with E-state index in [1.54, 1.807) is 0 Å². The molecule has 0 radical (unpaired) electrons. The summed E-state index contributed by atoms with van der Waals surface area (Å²) in [6.45, 7) is 5.81. The molecule has 0 atom stereocenters. The zero-order valence-corrected chi connectivity index (χ0v) is 14.1. The first-order valence-corrected chi connectivity index (χ1v) is 8.10. The van der Waals surface area contributed by atoms with Crippen LogP contribution in [0.15, 0.2) is 61.2 Å². The summed E-state index contributed by atoms with van der Waals surface area (Å²) in [7, 11) is 0. The highest BCUT2D eigenvalue weighted by atomic mass is 16.1. The molecule has 25 heavy (non-hydrogen) atoms. The molecule has 0 spiro atoms. The molecular weight excluding hydrogens is 312 g/mol. The number of rotatable bonds is 6. The molecule has 2 aromatic carbocycles. The van der Waals surface area contributed by atoms with Crippen molar-refractivity contribution >= 4 is 17.9 Å². The number of carbonyl (C=O) groups is 1. The second-order valence-electron chi connectivity index (χ2n) is 5.80. The zero-order valence-electron chi connectivity index (χ0n) is 14.1. The second kappa shape index (κ2) is 7.57. The van der Waals surface area contributed by atoms with Gasteiger partial charge in [-0.05, 0) is 16.7 Å². The largest absolute Gasteiger partial charge is 0.293 e. The maximum absolute atomic E-state index is 11.3. The van der Waals surface area contributed by atoms with E-state index in [9.17, 15) is 4.79 Å². The predicted octanol–water partition coefficient (Wildman–Crippen LogP) is 3.52. The fourth-order valence-electron chi connectivity index (χ4n) is 2.55. The number of carbonyl (C=O) groups excluding carboxylic acids is 1. The van der Waals surface area contributed by atoms with Gasteiger partial charge in [0, 0.05) is 13.3 Å². The van der Waals surface area contributed by atoms with Gasteiger partial charge in [0.1, 0.15) is 5.82 Å². The third kappa shape index (κ3) is 4.41. The van der Waals surface area contributed by atoms with Gasteiger partial charge < -0.3 is 0 Å². The Balaban J connectivity index is 1.87. The smallest absolute Gasteiger partial charge is 0.248 e. The first-order valence-electron chi connectivity index (χ1n) is 8.10. The van der Waals surface area contributed by atoms with Crippen molar-refractivity contribution in [3.8, 4) is 0 Å². The number of nitrogens with one attached hydrogen (secondary N) is 1. The molecule has 3 rings (SSSR count). The van der Waals surface area contributed by atoms with Crippen molar-refractivity contribution in [2.45, 2.75) is 19.9 Å². The summed E-state index contributed by atoms with van der Waals surface area (Å²) in [5.41, 5.74) is 3.33. The van der Waals surface area contributed by atoms with Crippen LogP contribution in [-0.4, -0.2) is 20.7 Å². The highest BCUT2D eigenvalue weighted by Gasteiger charge is 2.12. The maximum Gasteiger partial charge on any atom is 0.248 e. The van der Waals surface area contributed by atoms with Gasteiger partial charge in [0.15, 0.2) is 0 Å². The van der Waals surface area contributed by atoms with Crippen LogP contribution in [0.3, 0.4) is 0 Å². The summed E-state index contributed by atoms with van der Waals surface area (Å²) >= 11 is 0. The Labute approximate surface area is 147 Å². The highest BCUT2D eigenvalue weighted by molar-refractivity contribution is 5.86. The number of amides is 1. The number of aromatic nitrogens is 3. The molecule has 0 unspecified atom stereocenters. The van der Waals surface area contributed by atoms with Gasteiger partial charge in [-0.1, -0.05) is 67.3 Å². The Morgan fingerprint density at radius 3 is 2.48 bits per heavy atom. The standard InChI is InChI=1S/C20H20N4O/c1-3-16-9-11-18(12-10-16)14-24-19(13-17-7-5-4-6-8-17)22-20(23-24)21-15(2)25/h3-12H,1,13-14H2,2H3,(H,21,23,25). The van der Waals surface area contributed by atoms with E-state index in [-0.39, 0.29) is 5.91 Å². The van der Waals surface area contributed by atoms with Crippen LogP contribution < -0.4 is 5.32 Å². The van der Waals surface area contributed by atoms with Crippen LogP contribution in [0, 0.1) is 0 Å². The highest BCUT2D eigenvalue weighted by Crippen LogP contribution is 2.13. The first-order chi connectivity index (χ1) is 12.1. The summed E-state index contributed by atoms with van der Waals surface area (Å²) in [6.07, 6.45) is 2.47. The molecule has 0 fully saturated rings. The molecule has 126 valence electrons. The number of anilines is 1. The quantitative estimate of drug-likeness (QED) is 0.751. The number of benzene rings is 2. The fourth-order valence-corrected chi connectivity index (χ4v) is 2.55. The van der Waals surface area contributed by atoms with E-state index < -0.39 is 0 Å². The molecule has 0 bridgehead atoms. The Kier molecular flexibility index (Phi) is 5.04. The molecule has 1 heterocycles. The SMILES string of the molecule is C=Cc1ccc(Cn2nc(NC(C)=O)nc2Cc2ccccc2)cc1. The lowest BCUT2D eigenvalue weighted by Gasteiger charge is -2.06. The lowest BCUT2D eigenvalue weighted by atomic mass is 10.1. The van der Waals surface area contributed by atoms with Crippen LogP contribution in [0.1, 0.15) is 29.4 Å². The van der Waals surface area contributed by atoms with Gasteiger partial charge in [-0.2, -0.15) is 4.98 Å². The van der Waals surface area contributed by atoms with E-state index in [0.29, 0.717) is 18.9 Å². The van der Waals surface area contributed by atoms with Gasteiger partial charge in [-0.15, -0.1) is 5.10 Å². The third-order valence-corrected chi connectivity index (χ3v) is 3.79. The molecule has 0 aliphatic rings. The average molecular weight is 332 g/mol. The molecule has 1 N–H and O–H groups in total. The van der Waals surface area contributed by atoms with Crippen molar-refractivity contribution in [2.24, 2.45) is 0 Å². The Bertz CT molecular complexity index is 866. The minimum atomic E-state index is -0.182. The third-order valence-electron chi connectivity index (χ3n) is 3.79. The van der Waals surface area contributed by atoms with Crippen molar-refractivity contribution in [1.29, 1.82) is 0 Å². The van der Waals surface area contributed by atoms with E-state index >= 15 is 0 Å². The molecule has 1 amide bonds. The average Bonchev–Trinajstić information content (AvgIpc) is 2.96. The molecular formula is C20H20N4O. The normalized spacial score (nSPS) is 10.4. The molecule has 1 aromatic heterocycles. The predicted molar refractivity (Wildman–Crippen MR) is 99.2 cm³/mol. The lowest BCUT2D eigenvalue weighted by Crippen LogP contribution is -2.09. The monoisotopic (exact) mass is 332 g/mol. The van der Waals surface area contributed by atoms with Crippen molar-refractivity contribution in [3.05, 3.63) is 83.7 Å². The Hall–Kier alpha value is -3.21. The Morgan fingerprint density at radius 1 is 1.12 bits per heavy atom. The zero-order chi connectivity index (χ0) is 17.6. The molecule has 5 nitrogen and oxygen atoms in total. The summed E-state index contributed by atoms with van der Waals surface area (Å²) < 4.78 is 1.83. The van der Waals surface area contributed by atoms with Gasteiger partial charge in [0.2, 0.25) is 11.9 Å². The van der Waals surface area contributed by atoms with Gasteiger partial charge >= 0.3 is 0 Å². The Morgan fingerprint density at radius 2 is 1.84 bits per heavy atom. The van der Waals surface area contributed by atoms with Gasteiger partial charge in [0.25, 0.3) is 0 Å². The van der Waals surface area contributed by atoms with Crippen LogP contribution in [0.5, 0.6) is 0 Å². The lowest BCUT2D eigenvalue weighted by molar-refractivity contribution is -0.114. The minimum Gasteiger partial charge on any atom is -0.293 e. The van der Waals surface area contributed by atoms with Crippen LogP contribution in [-0.2, 0) is 17.8 Å². The summed E-state index contributed by atoms with van der Waals surface area (Å²) in [5, 5.41) is 7.10. The summed E-state index contributed by atoms with van der Waals surface area (Å²) in [4.78, 5) is 15.8. The number of nitrogens with zero attached hydrogens (tertiary/aromatic N) is 3. The van der Waals surface area contributed by atoms with Crippen LogP contribution in [0.2, 0.25) is 0 Å². The molecule has 0 aliphatic heterocycles. The second-order valence-corrected chi connectivity index (χ2v) is 5.80. The van der Waals surface area contributed by atoms with E-state index in [1.165, 1.54) is 6.92 Å². The number of hydrogen-bond acceptors (Lipinski definition) is 3. The minimum absolute atomic E-state index is 0.182. The van der Waals surface area contributed by atoms with Gasteiger partial charge in [-0.3, -0.25) is 10.1 Å². The summed E-state index contributed by atoms with van der Waals surface area (Å²) in [5.74, 6) is 0.961. The van der Waals surface area contributed by atoms with Crippen molar-refractivity contribution in [2.75, 3.05) is 5.32 Å². The molecule has 0 aliphatic carbocycles. The van der Waals surface area contributed by atoms with E-state index in [2.05, 4.69) is 34.1 Å². The van der Waals surface area contributed by atoms with Crippen molar-refractivity contribution < 1.29 is 4.79 Å². The van der Waals surface area contributed by atoms with E-state index in [0.717, 1.165) is 22.5 Å². The van der Waals surface area contributed by atoms with Crippen molar-refractivity contribution in [3.63, 3.8) is 0 Å². The summed E-state index contributed by atoms with van der Waals surface area (Å²) in [6, 6.07) is 18.2. The molecule has 3 aromatic rings. The van der Waals surface area contributed by atoms with Crippen LogP contribution in [0.25, 0.3) is 6.08 Å². The van der Waals surface area contributed by atoms with Crippen LogP contribution >= 0.6 is 0 Å². The van der Waals surface area contributed by atoms with Gasteiger partial charge in [-0.25, -0.2) is 4.68 Å². The topological polar surface area (TPSA) is 59.8 Å². The van der Waals surface area contributed by atoms with E-state index in [4.69, 9.17) is 0 Å². The molecule has 0 saturated carbocycles. The maximum atomic E-state index is 11.3. The van der Waals surface area contributed by atoms with Crippen molar-refractivity contribution in [1.82, 2.24) is 14.8 Å². The molecule has 0 saturated heterocycles. The van der Waals surface area contributed by atoms with Gasteiger partial charge in [0.05, 0.1) is 6.54 Å². The number of hydrogen-bond donors (Lipinski definition) is 1. The molecule has 5 heteroatoms.